The van der Waals surface area contributed by atoms with Gasteiger partial charge < -0.3 is 4.74 Å². The fourth-order valence-electron chi connectivity index (χ4n) is 8.35. The molecule has 0 saturated heterocycles. The molecular formula is C34H58O. The molecule has 4 rings (SSSR count). The van der Waals surface area contributed by atoms with Crippen molar-refractivity contribution in [1.29, 1.82) is 0 Å². The average molecular weight is 483 g/mol. The first kappa shape index (κ1) is 27.5. The predicted octanol–water partition coefficient (Wildman–Crippen LogP) is 10.3. The van der Waals surface area contributed by atoms with Crippen molar-refractivity contribution in [2.24, 2.45) is 41.4 Å². The number of unbranched alkanes of at least 4 members (excludes halogenated alkanes) is 1. The number of ether oxygens (including phenoxy) is 1. The first-order valence-corrected chi connectivity index (χ1v) is 16.2. The summed E-state index contributed by atoms with van der Waals surface area (Å²) < 4.78 is 6.12. The molecule has 0 bridgehead atoms. The Morgan fingerprint density at radius 1 is 0.629 bits per heavy atom. The summed E-state index contributed by atoms with van der Waals surface area (Å²) in [5.74, 6) is 6.88. The molecule has 0 aromatic rings. The Balaban J connectivity index is 1.08. The number of rotatable bonds is 11. The maximum Gasteiger partial charge on any atom is 0.0575 e. The standard InChI is InChI=1S/C34H58O/c1-3-5-7-27-8-10-28(11-9-27)12-13-29-14-16-30(17-15-29)31-18-20-32(21-19-31)33-22-24-34(25-23-33)35-26-6-4-2/h3,12-13,27-34H,1,4-11,14-26H2,2H3/b13-12+. The summed E-state index contributed by atoms with van der Waals surface area (Å²) >= 11 is 0. The highest BCUT2D eigenvalue weighted by molar-refractivity contribution is 4.97. The number of allylic oxidation sites excluding steroid dienone is 3. The Morgan fingerprint density at radius 3 is 1.57 bits per heavy atom. The first-order valence-electron chi connectivity index (χ1n) is 16.2. The van der Waals surface area contributed by atoms with Crippen LogP contribution in [0.3, 0.4) is 0 Å². The summed E-state index contributed by atoms with van der Waals surface area (Å²) in [6.07, 6.45) is 36.5. The maximum atomic E-state index is 6.12. The van der Waals surface area contributed by atoms with E-state index < -0.39 is 0 Å². The minimum absolute atomic E-state index is 0.579. The summed E-state index contributed by atoms with van der Waals surface area (Å²) in [7, 11) is 0. The van der Waals surface area contributed by atoms with Crippen LogP contribution in [0.1, 0.15) is 135 Å². The summed E-state index contributed by atoms with van der Waals surface area (Å²) in [5.41, 5.74) is 0. The lowest BCUT2D eigenvalue weighted by molar-refractivity contribution is 0.00437. The molecule has 200 valence electrons. The van der Waals surface area contributed by atoms with Crippen molar-refractivity contribution < 1.29 is 4.74 Å². The first-order chi connectivity index (χ1) is 17.2. The molecule has 4 aliphatic carbocycles. The Morgan fingerprint density at radius 2 is 1.09 bits per heavy atom. The van der Waals surface area contributed by atoms with Crippen molar-refractivity contribution in [1.82, 2.24) is 0 Å². The third kappa shape index (κ3) is 8.76. The van der Waals surface area contributed by atoms with Crippen LogP contribution < -0.4 is 0 Å². The second-order valence-electron chi connectivity index (χ2n) is 13.1. The fourth-order valence-corrected chi connectivity index (χ4v) is 8.35. The Labute approximate surface area is 218 Å². The molecule has 0 heterocycles. The molecule has 4 saturated carbocycles. The van der Waals surface area contributed by atoms with Gasteiger partial charge in [-0.3, -0.25) is 0 Å². The molecule has 4 aliphatic rings. The molecule has 1 heteroatoms. The monoisotopic (exact) mass is 482 g/mol. The zero-order chi connectivity index (χ0) is 24.3. The normalized spacial score (nSPS) is 39.0. The third-order valence-corrected chi connectivity index (χ3v) is 10.9. The summed E-state index contributed by atoms with van der Waals surface area (Å²) in [5, 5.41) is 0. The molecule has 1 nitrogen and oxygen atoms in total. The van der Waals surface area contributed by atoms with Crippen LogP contribution in [-0.4, -0.2) is 12.7 Å². The number of hydrogen-bond donors (Lipinski definition) is 0. The van der Waals surface area contributed by atoms with Gasteiger partial charge in [0.25, 0.3) is 0 Å². The van der Waals surface area contributed by atoms with E-state index in [1.807, 2.05) is 0 Å². The van der Waals surface area contributed by atoms with Gasteiger partial charge >= 0.3 is 0 Å². The molecule has 0 aliphatic heterocycles. The highest BCUT2D eigenvalue weighted by Crippen LogP contribution is 2.46. The number of hydrogen-bond acceptors (Lipinski definition) is 1. The van der Waals surface area contributed by atoms with E-state index in [-0.39, 0.29) is 0 Å². The molecule has 0 amide bonds. The summed E-state index contributed by atoms with van der Waals surface area (Å²) in [6, 6.07) is 0. The lowest BCUT2D eigenvalue weighted by atomic mass is 9.65. The summed E-state index contributed by atoms with van der Waals surface area (Å²) in [6.45, 7) is 7.15. The van der Waals surface area contributed by atoms with Gasteiger partial charge in [0.2, 0.25) is 0 Å². The van der Waals surface area contributed by atoms with E-state index in [0.717, 1.165) is 48.0 Å². The van der Waals surface area contributed by atoms with Crippen molar-refractivity contribution in [3.63, 3.8) is 0 Å². The molecule has 0 spiro atoms. The third-order valence-electron chi connectivity index (χ3n) is 10.9. The van der Waals surface area contributed by atoms with Crippen LogP contribution in [-0.2, 0) is 4.74 Å². The Kier molecular flexibility index (Phi) is 11.8. The smallest absolute Gasteiger partial charge is 0.0575 e. The van der Waals surface area contributed by atoms with Crippen LogP contribution in [0.15, 0.2) is 24.8 Å². The van der Waals surface area contributed by atoms with Crippen LogP contribution in [0.25, 0.3) is 0 Å². The van der Waals surface area contributed by atoms with Crippen molar-refractivity contribution in [2.75, 3.05) is 6.61 Å². The zero-order valence-corrected chi connectivity index (χ0v) is 23.3. The van der Waals surface area contributed by atoms with Crippen LogP contribution >= 0.6 is 0 Å². The van der Waals surface area contributed by atoms with E-state index in [4.69, 9.17) is 4.74 Å². The van der Waals surface area contributed by atoms with E-state index in [2.05, 4.69) is 31.7 Å². The highest BCUT2D eigenvalue weighted by Gasteiger charge is 2.34. The minimum atomic E-state index is 0.579. The van der Waals surface area contributed by atoms with E-state index in [0.29, 0.717) is 6.10 Å². The predicted molar refractivity (Wildman–Crippen MR) is 152 cm³/mol. The van der Waals surface area contributed by atoms with Gasteiger partial charge in [-0.25, -0.2) is 0 Å². The van der Waals surface area contributed by atoms with E-state index in [1.165, 1.54) is 128 Å². The van der Waals surface area contributed by atoms with Gasteiger partial charge in [-0.1, -0.05) is 31.6 Å². The van der Waals surface area contributed by atoms with Crippen LogP contribution in [0.2, 0.25) is 0 Å². The summed E-state index contributed by atoms with van der Waals surface area (Å²) in [4.78, 5) is 0. The average Bonchev–Trinajstić information content (AvgIpc) is 2.92. The van der Waals surface area contributed by atoms with E-state index >= 15 is 0 Å². The molecule has 35 heavy (non-hydrogen) atoms. The fraction of sp³-hybridized carbons (Fsp3) is 0.882. The molecule has 0 atom stereocenters. The van der Waals surface area contributed by atoms with Gasteiger partial charge in [0.1, 0.15) is 0 Å². The molecule has 0 unspecified atom stereocenters. The minimum Gasteiger partial charge on any atom is -0.378 e. The van der Waals surface area contributed by atoms with Crippen molar-refractivity contribution in [3.05, 3.63) is 24.8 Å². The SMILES string of the molecule is C=CCCC1CCC(/C=C/C2CCC(C3CCC(C4CCC(OCCCC)CC4)CC3)CC2)CC1. The van der Waals surface area contributed by atoms with Gasteiger partial charge in [-0.05, 0) is 163 Å². The largest absolute Gasteiger partial charge is 0.378 e. The van der Waals surface area contributed by atoms with E-state index in [1.54, 1.807) is 0 Å². The van der Waals surface area contributed by atoms with Gasteiger partial charge in [0.15, 0.2) is 0 Å². The zero-order valence-electron chi connectivity index (χ0n) is 23.3. The van der Waals surface area contributed by atoms with Crippen LogP contribution in [0.5, 0.6) is 0 Å². The molecule has 0 N–H and O–H groups in total. The van der Waals surface area contributed by atoms with Crippen molar-refractivity contribution in [2.45, 2.75) is 141 Å². The van der Waals surface area contributed by atoms with Crippen molar-refractivity contribution >= 4 is 0 Å². The van der Waals surface area contributed by atoms with Gasteiger partial charge in [0.05, 0.1) is 6.10 Å². The van der Waals surface area contributed by atoms with Gasteiger partial charge in [-0.2, -0.15) is 0 Å². The van der Waals surface area contributed by atoms with E-state index in [9.17, 15) is 0 Å². The second-order valence-corrected chi connectivity index (χ2v) is 13.1. The molecule has 0 aromatic carbocycles. The lowest BCUT2D eigenvalue weighted by Crippen LogP contribution is -2.31. The lowest BCUT2D eigenvalue weighted by Gasteiger charge is -2.41. The van der Waals surface area contributed by atoms with Crippen molar-refractivity contribution in [3.8, 4) is 0 Å². The Bertz CT molecular complexity index is 590. The Hall–Kier alpha value is -0.560. The second kappa shape index (κ2) is 15.0. The molecule has 0 radical (unpaired) electrons. The molecule has 4 fully saturated rings. The molecular weight excluding hydrogens is 424 g/mol. The highest BCUT2D eigenvalue weighted by atomic mass is 16.5. The van der Waals surface area contributed by atoms with Crippen LogP contribution in [0.4, 0.5) is 0 Å². The maximum absolute atomic E-state index is 6.12. The van der Waals surface area contributed by atoms with Crippen LogP contribution in [0, 0.1) is 41.4 Å². The quantitative estimate of drug-likeness (QED) is 0.210. The van der Waals surface area contributed by atoms with Gasteiger partial charge in [-0.15, -0.1) is 6.58 Å². The van der Waals surface area contributed by atoms with Gasteiger partial charge in [0, 0.05) is 6.61 Å². The topological polar surface area (TPSA) is 9.23 Å². The molecule has 0 aromatic heterocycles.